The molecule has 0 radical (unpaired) electrons. The van der Waals surface area contributed by atoms with Gasteiger partial charge in [-0.1, -0.05) is 6.92 Å². The van der Waals surface area contributed by atoms with E-state index in [1.165, 1.54) is 0 Å². The SMILES string of the molecule is CCNc1nc(CSCC)nc(C)c1F. The summed E-state index contributed by atoms with van der Waals surface area (Å²) in [5.41, 5.74) is 0.410. The second-order valence-corrected chi connectivity index (χ2v) is 4.33. The maximum absolute atomic E-state index is 13.5. The average molecular weight is 229 g/mol. The van der Waals surface area contributed by atoms with E-state index in [4.69, 9.17) is 0 Å². The van der Waals surface area contributed by atoms with Crippen LogP contribution >= 0.6 is 11.8 Å². The summed E-state index contributed by atoms with van der Waals surface area (Å²) in [6, 6.07) is 0. The number of hydrogen-bond donors (Lipinski definition) is 1. The zero-order chi connectivity index (χ0) is 11.3. The number of thioether (sulfide) groups is 1. The monoisotopic (exact) mass is 229 g/mol. The van der Waals surface area contributed by atoms with Gasteiger partial charge in [0, 0.05) is 6.54 Å². The normalized spacial score (nSPS) is 10.4. The molecule has 3 nitrogen and oxygen atoms in total. The topological polar surface area (TPSA) is 37.8 Å². The number of nitrogens with one attached hydrogen (secondary N) is 1. The van der Waals surface area contributed by atoms with Crippen LogP contribution in [0.2, 0.25) is 0 Å². The highest BCUT2D eigenvalue weighted by Crippen LogP contribution is 2.16. The molecule has 0 unspecified atom stereocenters. The molecule has 0 bridgehead atoms. The molecule has 0 amide bonds. The Balaban J connectivity index is 2.90. The lowest BCUT2D eigenvalue weighted by Gasteiger charge is -2.08. The van der Waals surface area contributed by atoms with Gasteiger partial charge >= 0.3 is 0 Å². The second-order valence-electron chi connectivity index (χ2n) is 3.06. The third-order valence-corrected chi connectivity index (χ3v) is 2.71. The minimum atomic E-state index is -0.345. The summed E-state index contributed by atoms with van der Waals surface area (Å²) in [6.45, 7) is 6.31. The maximum Gasteiger partial charge on any atom is 0.186 e. The van der Waals surface area contributed by atoms with Crippen LogP contribution in [0.5, 0.6) is 0 Å². The predicted molar refractivity (Wildman–Crippen MR) is 62.7 cm³/mol. The molecule has 5 heteroatoms. The van der Waals surface area contributed by atoms with E-state index in [9.17, 15) is 4.39 Å². The Morgan fingerprint density at radius 3 is 2.67 bits per heavy atom. The summed E-state index contributed by atoms with van der Waals surface area (Å²) < 4.78 is 13.5. The molecule has 0 aliphatic heterocycles. The van der Waals surface area contributed by atoms with Crippen LogP contribution in [0.3, 0.4) is 0 Å². The van der Waals surface area contributed by atoms with E-state index in [0.717, 1.165) is 11.5 Å². The van der Waals surface area contributed by atoms with Crippen LogP contribution in [0.25, 0.3) is 0 Å². The molecule has 1 aromatic heterocycles. The zero-order valence-electron chi connectivity index (χ0n) is 9.30. The van der Waals surface area contributed by atoms with Gasteiger partial charge in [0.2, 0.25) is 0 Å². The fraction of sp³-hybridized carbons (Fsp3) is 0.600. The molecular formula is C10H16FN3S. The van der Waals surface area contributed by atoms with Gasteiger partial charge in [-0.3, -0.25) is 0 Å². The van der Waals surface area contributed by atoms with E-state index in [0.29, 0.717) is 23.9 Å². The molecule has 0 fully saturated rings. The van der Waals surface area contributed by atoms with Gasteiger partial charge in [-0.25, -0.2) is 14.4 Å². The standard InChI is InChI=1S/C10H16FN3S/c1-4-12-10-9(11)7(3)13-8(14-10)6-15-5-2/h4-6H2,1-3H3,(H,12,13,14). The molecule has 0 aliphatic rings. The number of halogens is 1. The van der Waals surface area contributed by atoms with Crippen LogP contribution in [0, 0.1) is 12.7 Å². The molecule has 15 heavy (non-hydrogen) atoms. The lowest BCUT2D eigenvalue weighted by atomic mass is 10.4. The zero-order valence-corrected chi connectivity index (χ0v) is 10.1. The minimum Gasteiger partial charge on any atom is -0.368 e. The number of aryl methyl sites for hydroxylation is 1. The van der Waals surface area contributed by atoms with Gasteiger partial charge in [0.05, 0.1) is 11.4 Å². The molecule has 84 valence electrons. The quantitative estimate of drug-likeness (QED) is 0.842. The highest BCUT2D eigenvalue weighted by atomic mass is 32.2. The number of nitrogens with zero attached hydrogens (tertiary/aromatic N) is 2. The lowest BCUT2D eigenvalue weighted by Crippen LogP contribution is -2.08. The van der Waals surface area contributed by atoms with E-state index < -0.39 is 0 Å². The summed E-state index contributed by atoms with van der Waals surface area (Å²) in [5.74, 6) is 2.40. The van der Waals surface area contributed by atoms with Crippen molar-refractivity contribution in [2.45, 2.75) is 26.5 Å². The molecule has 1 N–H and O–H groups in total. The Morgan fingerprint density at radius 2 is 2.07 bits per heavy atom. The second kappa shape index (κ2) is 5.90. The third kappa shape index (κ3) is 3.34. The van der Waals surface area contributed by atoms with E-state index >= 15 is 0 Å². The molecule has 1 rings (SSSR count). The van der Waals surface area contributed by atoms with E-state index in [1.807, 2.05) is 6.92 Å². The van der Waals surface area contributed by atoms with Crippen LogP contribution in [0.1, 0.15) is 25.4 Å². The highest BCUT2D eigenvalue weighted by molar-refractivity contribution is 7.98. The molecule has 0 aromatic carbocycles. The third-order valence-electron chi connectivity index (χ3n) is 1.84. The highest BCUT2D eigenvalue weighted by Gasteiger charge is 2.10. The average Bonchev–Trinajstić information content (AvgIpc) is 2.22. The van der Waals surface area contributed by atoms with Crippen molar-refractivity contribution in [3.63, 3.8) is 0 Å². The molecular weight excluding hydrogens is 213 g/mol. The summed E-state index contributed by atoms with van der Waals surface area (Å²) in [5, 5.41) is 2.90. The van der Waals surface area contributed by atoms with Gasteiger partial charge in [-0.05, 0) is 19.6 Å². The molecule has 0 saturated heterocycles. The van der Waals surface area contributed by atoms with Gasteiger partial charge in [0.1, 0.15) is 5.82 Å². The van der Waals surface area contributed by atoms with Crippen LogP contribution in [-0.4, -0.2) is 22.3 Å². The summed E-state index contributed by atoms with van der Waals surface area (Å²) >= 11 is 1.73. The number of hydrogen-bond acceptors (Lipinski definition) is 4. The smallest absolute Gasteiger partial charge is 0.186 e. The summed E-state index contributed by atoms with van der Waals surface area (Å²) in [7, 11) is 0. The van der Waals surface area contributed by atoms with Crippen LogP contribution in [0.4, 0.5) is 10.2 Å². The van der Waals surface area contributed by atoms with Gasteiger partial charge in [-0.2, -0.15) is 11.8 Å². The van der Waals surface area contributed by atoms with Crippen molar-refractivity contribution < 1.29 is 4.39 Å². The Kier molecular flexibility index (Phi) is 4.81. The molecule has 1 aromatic rings. The van der Waals surface area contributed by atoms with Crippen LogP contribution in [-0.2, 0) is 5.75 Å². The fourth-order valence-electron chi connectivity index (χ4n) is 1.16. The minimum absolute atomic E-state index is 0.316. The van der Waals surface area contributed by atoms with Crippen LogP contribution < -0.4 is 5.32 Å². The molecule has 0 saturated carbocycles. The van der Waals surface area contributed by atoms with Crippen molar-refractivity contribution in [2.75, 3.05) is 17.6 Å². The first-order valence-electron chi connectivity index (χ1n) is 5.03. The van der Waals surface area contributed by atoms with E-state index in [-0.39, 0.29) is 5.82 Å². The first-order chi connectivity index (χ1) is 7.19. The lowest BCUT2D eigenvalue weighted by molar-refractivity contribution is 0.602. The summed E-state index contributed by atoms with van der Waals surface area (Å²) in [6.07, 6.45) is 0. The van der Waals surface area contributed by atoms with Gasteiger partial charge < -0.3 is 5.32 Å². The molecule has 0 spiro atoms. The Bertz CT molecular complexity index is 331. The van der Waals surface area contributed by atoms with E-state index in [2.05, 4.69) is 22.2 Å². The van der Waals surface area contributed by atoms with Crippen molar-refractivity contribution in [3.8, 4) is 0 Å². The van der Waals surface area contributed by atoms with Crippen molar-refractivity contribution in [1.82, 2.24) is 9.97 Å². The number of rotatable bonds is 5. The predicted octanol–water partition coefficient (Wildman–Crippen LogP) is 2.61. The first-order valence-corrected chi connectivity index (χ1v) is 6.19. The molecule has 0 aliphatic carbocycles. The van der Waals surface area contributed by atoms with Gasteiger partial charge in [0.15, 0.2) is 11.6 Å². The maximum atomic E-state index is 13.5. The summed E-state index contributed by atoms with van der Waals surface area (Å²) in [4.78, 5) is 8.25. The van der Waals surface area contributed by atoms with Crippen molar-refractivity contribution in [1.29, 1.82) is 0 Å². The Hall–Kier alpha value is -0.840. The Labute approximate surface area is 93.9 Å². The van der Waals surface area contributed by atoms with E-state index in [1.54, 1.807) is 18.7 Å². The number of aromatic nitrogens is 2. The van der Waals surface area contributed by atoms with Crippen molar-refractivity contribution in [2.24, 2.45) is 0 Å². The van der Waals surface area contributed by atoms with Crippen LogP contribution in [0.15, 0.2) is 0 Å². The van der Waals surface area contributed by atoms with Crippen molar-refractivity contribution in [3.05, 3.63) is 17.3 Å². The largest absolute Gasteiger partial charge is 0.368 e. The van der Waals surface area contributed by atoms with Gasteiger partial charge in [0.25, 0.3) is 0 Å². The Morgan fingerprint density at radius 1 is 1.33 bits per heavy atom. The number of anilines is 1. The molecule has 0 atom stereocenters. The van der Waals surface area contributed by atoms with Crippen molar-refractivity contribution >= 4 is 17.6 Å². The van der Waals surface area contributed by atoms with Gasteiger partial charge in [-0.15, -0.1) is 0 Å². The molecule has 1 heterocycles. The first kappa shape index (κ1) is 12.2. The fourth-order valence-corrected chi connectivity index (χ4v) is 1.68.